The Bertz CT molecular complexity index is 311. The second kappa shape index (κ2) is 6.64. The van der Waals surface area contributed by atoms with E-state index in [1.54, 1.807) is 12.1 Å². The molecule has 16 heavy (non-hydrogen) atoms. The smallest absolute Gasteiger partial charge is 0.123 e. The average Bonchev–Trinajstić information content (AvgIpc) is 2.29. The minimum absolute atomic E-state index is 0.0350. The normalized spacial score (nSPS) is 14.8. The lowest BCUT2D eigenvalue weighted by atomic mass is 9.87. The summed E-state index contributed by atoms with van der Waals surface area (Å²) in [5.74, 6) is 0.264. The number of benzene rings is 1. The summed E-state index contributed by atoms with van der Waals surface area (Å²) in [7, 11) is 0. The Morgan fingerprint density at radius 3 is 2.62 bits per heavy atom. The molecule has 2 N–H and O–H groups in total. The van der Waals surface area contributed by atoms with Crippen LogP contribution in [0.1, 0.15) is 51.1 Å². The van der Waals surface area contributed by atoms with Crippen molar-refractivity contribution >= 4 is 0 Å². The van der Waals surface area contributed by atoms with Gasteiger partial charge in [0.15, 0.2) is 0 Å². The van der Waals surface area contributed by atoms with Crippen molar-refractivity contribution in [2.75, 3.05) is 0 Å². The van der Waals surface area contributed by atoms with Gasteiger partial charge in [0.25, 0.3) is 0 Å². The first-order valence-corrected chi connectivity index (χ1v) is 6.20. The summed E-state index contributed by atoms with van der Waals surface area (Å²) in [4.78, 5) is 0. The van der Waals surface area contributed by atoms with Gasteiger partial charge in [0.1, 0.15) is 5.82 Å². The largest absolute Gasteiger partial charge is 0.324 e. The van der Waals surface area contributed by atoms with E-state index >= 15 is 0 Å². The van der Waals surface area contributed by atoms with Crippen molar-refractivity contribution in [3.8, 4) is 0 Å². The molecule has 0 saturated heterocycles. The van der Waals surface area contributed by atoms with Crippen LogP contribution in [-0.2, 0) is 0 Å². The van der Waals surface area contributed by atoms with Crippen molar-refractivity contribution in [2.24, 2.45) is 11.7 Å². The summed E-state index contributed by atoms with van der Waals surface area (Å²) in [6, 6.07) is 6.63. The maximum Gasteiger partial charge on any atom is 0.123 e. The van der Waals surface area contributed by atoms with Crippen LogP contribution in [0, 0.1) is 11.7 Å². The lowest BCUT2D eigenvalue weighted by Gasteiger charge is -2.22. The van der Waals surface area contributed by atoms with Crippen molar-refractivity contribution < 1.29 is 4.39 Å². The molecule has 0 aliphatic heterocycles. The van der Waals surface area contributed by atoms with E-state index in [0.717, 1.165) is 18.4 Å². The Hall–Kier alpha value is -0.890. The Labute approximate surface area is 97.9 Å². The number of unbranched alkanes of at least 4 members (excludes halogenated alkanes) is 1. The predicted octanol–water partition coefficient (Wildman–Crippen LogP) is 4.04. The molecule has 2 unspecified atom stereocenters. The quantitative estimate of drug-likeness (QED) is 0.773. The molecule has 2 atom stereocenters. The average molecular weight is 223 g/mol. The van der Waals surface area contributed by atoms with E-state index in [9.17, 15) is 4.39 Å². The number of nitrogens with two attached hydrogens (primary N) is 1. The Balaban J connectivity index is 2.70. The van der Waals surface area contributed by atoms with Crippen LogP contribution in [-0.4, -0.2) is 0 Å². The van der Waals surface area contributed by atoms with Crippen LogP contribution in [0.25, 0.3) is 0 Å². The molecule has 1 nitrogen and oxygen atoms in total. The topological polar surface area (TPSA) is 26.0 Å². The van der Waals surface area contributed by atoms with E-state index in [1.165, 1.54) is 18.9 Å². The highest BCUT2D eigenvalue weighted by atomic mass is 19.1. The van der Waals surface area contributed by atoms with Gasteiger partial charge in [-0.1, -0.05) is 45.2 Å². The lowest BCUT2D eigenvalue weighted by Crippen LogP contribution is -2.21. The zero-order chi connectivity index (χ0) is 12.0. The highest BCUT2D eigenvalue weighted by molar-refractivity contribution is 5.20. The molecule has 0 aliphatic carbocycles. The highest BCUT2D eigenvalue weighted by Crippen LogP contribution is 2.27. The molecular formula is C14H22FN. The first-order valence-electron chi connectivity index (χ1n) is 6.20. The van der Waals surface area contributed by atoms with Gasteiger partial charge in [0, 0.05) is 6.04 Å². The zero-order valence-electron chi connectivity index (χ0n) is 10.2. The SMILES string of the molecule is CCCCC(CC)C(N)c1cccc(F)c1. The molecule has 0 aromatic heterocycles. The minimum atomic E-state index is -0.196. The van der Waals surface area contributed by atoms with Crippen molar-refractivity contribution in [3.05, 3.63) is 35.6 Å². The van der Waals surface area contributed by atoms with Crippen LogP contribution in [0.4, 0.5) is 4.39 Å². The van der Waals surface area contributed by atoms with Gasteiger partial charge in [0.2, 0.25) is 0 Å². The van der Waals surface area contributed by atoms with Crippen LogP contribution in [0.15, 0.2) is 24.3 Å². The number of rotatable bonds is 6. The standard InChI is InChI=1S/C14H22FN/c1-3-5-7-11(4-2)14(16)12-8-6-9-13(15)10-12/h6,8-11,14H,3-5,7,16H2,1-2H3. The van der Waals surface area contributed by atoms with Crippen molar-refractivity contribution in [2.45, 2.75) is 45.6 Å². The number of hydrogen-bond acceptors (Lipinski definition) is 1. The molecule has 0 bridgehead atoms. The van der Waals surface area contributed by atoms with E-state index in [-0.39, 0.29) is 11.9 Å². The summed E-state index contributed by atoms with van der Waals surface area (Å²) < 4.78 is 13.1. The minimum Gasteiger partial charge on any atom is -0.324 e. The van der Waals surface area contributed by atoms with Gasteiger partial charge in [0.05, 0.1) is 0 Å². The van der Waals surface area contributed by atoms with Crippen LogP contribution >= 0.6 is 0 Å². The van der Waals surface area contributed by atoms with Crippen LogP contribution in [0.2, 0.25) is 0 Å². The first-order chi connectivity index (χ1) is 7.69. The summed E-state index contributed by atoms with van der Waals surface area (Å²) in [6.45, 7) is 4.33. The van der Waals surface area contributed by atoms with Crippen molar-refractivity contribution in [1.29, 1.82) is 0 Å². The third-order valence-electron chi connectivity index (χ3n) is 3.19. The first kappa shape index (κ1) is 13.2. The monoisotopic (exact) mass is 223 g/mol. The van der Waals surface area contributed by atoms with Crippen LogP contribution < -0.4 is 5.73 Å². The molecule has 2 heteroatoms. The Morgan fingerprint density at radius 2 is 2.06 bits per heavy atom. The number of hydrogen-bond donors (Lipinski definition) is 1. The van der Waals surface area contributed by atoms with Gasteiger partial charge >= 0.3 is 0 Å². The van der Waals surface area contributed by atoms with Crippen LogP contribution in [0.5, 0.6) is 0 Å². The summed E-state index contributed by atoms with van der Waals surface area (Å²) in [5, 5.41) is 0. The molecule has 0 radical (unpaired) electrons. The predicted molar refractivity (Wildman–Crippen MR) is 66.6 cm³/mol. The third kappa shape index (κ3) is 3.60. The molecule has 0 spiro atoms. The van der Waals surface area contributed by atoms with Crippen molar-refractivity contribution in [3.63, 3.8) is 0 Å². The molecule has 0 amide bonds. The van der Waals surface area contributed by atoms with E-state index < -0.39 is 0 Å². The number of halogens is 1. The fourth-order valence-electron chi connectivity index (χ4n) is 2.09. The summed E-state index contributed by atoms with van der Waals surface area (Å²) in [5.41, 5.74) is 7.11. The van der Waals surface area contributed by atoms with Gasteiger partial charge in [-0.3, -0.25) is 0 Å². The van der Waals surface area contributed by atoms with Crippen molar-refractivity contribution in [1.82, 2.24) is 0 Å². The summed E-state index contributed by atoms with van der Waals surface area (Å²) >= 11 is 0. The van der Waals surface area contributed by atoms with Gasteiger partial charge in [-0.15, -0.1) is 0 Å². The van der Waals surface area contributed by atoms with E-state index in [0.29, 0.717) is 5.92 Å². The Kier molecular flexibility index (Phi) is 5.47. The molecule has 0 saturated carbocycles. The second-order valence-electron chi connectivity index (χ2n) is 4.39. The molecular weight excluding hydrogens is 201 g/mol. The fourth-order valence-corrected chi connectivity index (χ4v) is 2.09. The van der Waals surface area contributed by atoms with Gasteiger partial charge < -0.3 is 5.73 Å². The molecule has 1 rings (SSSR count). The van der Waals surface area contributed by atoms with E-state index in [4.69, 9.17) is 5.73 Å². The van der Waals surface area contributed by atoms with Crippen LogP contribution in [0.3, 0.4) is 0 Å². The second-order valence-corrected chi connectivity index (χ2v) is 4.39. The lowest BCUT2D eigenvalue weighted by molar-refractivity contribution is 0.377. The maximum atomic E-state index is 13.1. The molecule has 90 valence electrons. The molecule has 1 aromatic rings. The third-order valence-corrected chi connectivity index (χ3v) is 3.19. The molecule has 1 aromatic carbocycles. The fraction of sp³-hybridized carbons (Fsp3) is 0.571. The molecule has 0 fully saturated rings. The van der Waals surface area contributed by atoms with Gasteiger partial charge in [-0.2, -0.15) is 0 Å². The van der Waals surface area contributed by atoms with Gasteiger partial charge in [-0.05, 0) is 30.0 Å². The molecule has 0 heterocycles. The van der Waals surface area contributed by atoms with E-state index in [2.05, 4.69) is 13.8 Å². The highest BCUT2D eigenvalue weighted by Gasteiger charge is 2.17. The molecule has 0 aliphatic rings. The Morgan fingerprint density at radius 1 is 1.31 bits per heavy atom. The summed E-state index contributed by atoms with van der Waals surface area (Å²) in [6.07, 6.45) is 4.57. The maximum absolute atomic E-state index is 13.1. The van der Waals surface area contributed by atoms with E-state index in [1.807, 2.05) is 6.07 Å². The zero-order valence-corrected chi connectivity index (χ0v) is 10.2. The van der Waals surface area contributed by atoms with Gasteiger partial charge in [-0.25, -0.2) is 4.39 Å².